The number of hydrogen-bond donors (Lipinski definition) is 1. The number of nitrogens with zero attached hydrogens (tertiary/aromatic N) is 2. The summed E-state index contributed by atoms with van der Waals surface area (Å²) in [5, 5.41) is 2.62. The lowest BCUT2D eigenvalue weighted by Gasteiger charge is -2.38. The first-order chi connectivity index (χ1) is 12.0. The van der Waals surface area contributed by atoms with E-state index in [4.69, 9.17) is 0 Å². The van der Waals surface area contributed by atoms with E-state index in [1.165, 1.54) is 17.0 Å². The Labute approximate surface area is 142 Å². The summed E-state index contributed by atoms with van der Waals surface area (Å²) < 4.78 is 27.0. The van der Waals surface area contributed by atoms with Crippen molar-refractivity contribution >= 4 is 17.7 Å². The number of piperazine rings is 1. The third kappa shape index (κ3) is 2.47. The second kappa shape index (κ2) is 5.79. The lowest BCUT2D eigenvalue weighted by molar-refractivity contribution is -0.156. The standard InChI is InChI=1S/C17H17F2N3O3/c18-11-4-1-3-10(14(11)19)15(23)20-9-7-13-17(25)21-6-2-5-12(21)16(24)22(13)8-9/h1,3-4,9,12-13H,2,5-8H2,(H,20,23)/t9-,12+,13-/m0/s1. The Kier molecular flexibility index (Phi) is 3.70. The second-order valence-electron chi connectivity index (χ2n) is 6.70. The molecule has 3 fully saturated rings. The molecule has 8 heteroatoms. The zero-order valence-electron chi connectivity index (χ0n) is 13.4. The number of nitrogens with one attached hydrogen (secondary N) is 1. The number of fused-ring (bicyclic) bond motifs is 2. The molecule has 0 bridgehead atoms. The monoisotopic (exact) mass is 349 g/mol. The van der Waals surface area contributed by atoms with E-state index in [1.54, 1.807) is 4.90 Å². The van der Waals surface area contributed by atoms with Gasteiger partial charge in [0.05, 0.1) is 5.56 Å². The van der Waals surface area contributed by atoms with Crippen LogP contribution in [0.3, 0.4) is 0 Å². The van der Waals surface area contributed by atoms with Crippen LogP contribution in [0, 0.1) is 11.6 Å². The van der Waals surface area contributed by atoms with Crippen molar-refractivity contribution in [3.8, 4) is 0 Å². The predicted octanol–water partition coefficient (Wildman–Crippen LogP) is 0.669. The summed E-state index contributed by atoms with van der Waals surface area (Å²) in [6.45, 7) is 0.799. The average molecular weight is 349 g/mol. The van der Waals surface area contributed by atoms with E-state index >= 15 is 0 Å². The summed E-state index contributed by atoms with van der Waals surface area (Å²) in [4.78, 5) is 40.4. The highest BCUT2D eigenvalue weighted by molar-refractivity contribution is 5.98. The highest BCUT2D eigenvalue weighted by atomic mass is 19.2. The molecule has 0 unspecified atom stereocenters. The maximum absolute atomic E-state index is 13.7. The van der Waals surface area contributed by atoms with E-state index in [-0.39, 0.29) is 36.4 Å². The fourth-order valence-electron chi connectivity index (χ4n) is 4.03. The predicted molar refractivity (Wildman–Crippen MR) is 82.5 cm³/mol. The molecule has 132 valence electrons. The number of carbonyl (C=O) groups excluding carboxylic acids is 3. The molecule has 1 aromatic rings. The first kappa shape index (κ1) is 16.0. The fraction of sp³-hybridized carbons (Fsp3) is 0.471. The van der Waals surface area contributed by atoms with Crippen molar-refractivity contribution in [3.05, 3.63) is 35.4 Å². The molecule has 3 amide bonds. The third-order valence-corrected chi connectivity index (χ3v) is 5.22. The number of amides is 3. The van der Waals surface area contributed by atoms with Crippen LogP contribution in [-0.4, -0.2) is 58.7 Å². The Balaban J connectivity index is 1.49. The zero-order valence-corrected chi connectivity index (χ0v) is 13.4. The van der Waals surface area contributed by atoms with E-state index < -0.39 is 29.6 Å². The Morgan fingerprint density at radius 2 is 1.88 bits per heavy atom. The van der Waals surface area contributed by atoms with E-state index in [9.17, 15) is 23.2 Å². The number of hydrogen-bond acceptors (Lipinski definition) is 3. The maximum Gasteiger partial charge on any atom is 0.254 e. The van der Waals surface area contributed by atoms with Crippen LogP contribution in [0.2, 0.25) is 0 Å². The van der Waals surface area contributed by atoms with Gasteiger partial charge in [0.25, 0.3) is 5.91 Å². The largest absolute Gasteiger partial charge is 0.347 e. The molecule has 0 spiro atoms. The number of rotatable bonds is 2. The van der Waals surface area contributed by atoms with Gasteiger partial charge in [-0.1, -0.05) is 6.07 Å². The molecule has 6 nitrogen and oxygen atoms in total. The van der Waals surface area contributed by atoms with Crippen LogP contribution in [0.25, 0.3) is 0 Å². The van der Waals surface area contributed by atoms with Crippen LogP contribution in [0.1, 0.15) is 29.6 Å². The van der Waals surface area contributed by atoms with Crippen molar-refractivity contribution < 1.29 is 23.2 Å². The smallest absolute Gasteiger partial charge is 0.254 e. The van der Waals surface area contributed by atoms with Gasteiger partial charge in [-0.05, 0) is 31.4 Å². The SMILES string of the molecule is O=C(N[C@H]1C[C@H]2C(=O)N3CCC[C@@H]3C(=O)N2C1)c1cccc(F)c1F. The molecular weight excluding hydrogens is 332 g/mol. The van der Waals surface area contributed by atoms with Crippen LogP contribution in [-0.2, 0) is 9.59 Å². The number of halogens is 2. The van der Waals surface area contributed by atoms with Crippen molar-refractivity contribution in [3.63, 3.8) is 0 Å². The Bertz CT molecular complexity index is 740. The van der Waals surface area contributed by atoms with Gasteiger partial charge in [0.2, 0.25) is 11.8 Å². The van der Waals surface area contributed by atoms with Gasteiger partial charge in [0.1, 0.15) is 12.1 Å². The molecule has 4 rings (SSSR count). The molecule has 0 aromatic heterocycles. The topological polar surface area (TPSA) is 69.7 Å². The van der Waals surface area contributed by atoms with E-state index in [2.05, 4.69) is 5.32 Å². The molecule has 3 aliphatic rings. The van der Waals surface area contributed by atoms with Crippen molar-refractivity contribution in [2.45, 2.75) is 37.4 Å². The molecule has 0 aliphatic carbocycles. The van der Waals surface area contributed by atoms with Gasteiger partial charge < -0.3 is 15.1 Å². The third-order valence-electron chi connectivity index (χ3n) is 5.22. The van der Waals surface area contributed by atoms with E-state index in [0.29, 0.717) is 13.0 Å². The van der Waals surface area contributed by atoms with Crippen molar-refractivity contribution in [1.82, 2.24) is 15.1 Å². The van der Waals surface area contributed by atoms with Crippen molar-refractivity contribution in [2.24, 2.45) is 0 Å². The minimum Gasteiger partial charge on any atom is -0.347 e. The summed E-state index contributed by atoms with van der Waals surface area (Å²) in [5.41, 5.74) is -0.386. The van der Waals surface area contributed by atoms with Crippen LogP contribution in [0.5, 0.6) is 0 Å². The van der Waals surface area contributed by atoms with E-state index in [0.717, 1.165) is 12.5 Å². The number of benzene rings is 1. The summed E-state index contributed by atoms with van der Waals surface area (Å²) in [6, 6.07) is 1.96. The van der Waals surface area contributed by atoms with Gasteiger partial charge in [-0.3, -0.25) is 14.4 Å². The molecule has 3 atom stereocenters. The summed E-state index contributed by atoms with van der Waals surface area (Å²) >= 11 is 0. The Morgan fingerprint density at radius 1 is 1.12 bits per heavy atom. The van der Waals surface area contributed by atoms with Crippen molar-refractivity contribution in [1.29, 1.82) is 0 Å². The summed E-state index contributed by atoms with van der Waals surface area (Å²) in [5.74, 6) is -3.22. The first-order valence-electron chi connectivity index (χ1n) is 8.33. The molecule has 3 saturated heterocycles. The minimum atomic E-state index is -1.21. The average Bonchev–Trinajstić information content (AvgIpc) is 3.22. The van der Waals surface area contributed by atoms with Gasteiger partial charge in [-0.15, -0.1) is 0 Å². The van der Waals surface area contributed by atoms with Gasteiger partial charge in [-0.25, -0.2) is 8.78 Å². The molecule has 0 saturated carbocycles. The van der Waals surface area contributed by atoms with Gasteiger partial charge in [0, 0.05) is 19.1 Å². The van der Waals surface area contributed by atoms with E-state index in [1.807, 2.05) is 0 Å². The van der Waals surface area contributed by atoms with Crippen LogP contribution in [0.4, 0.5) is 8.78 Å². The van der Waals surface area contributed by atoms with Crippen LogP contribution < -0.4 is 5.32 Å². The second-order valence-corrected chi connectivity index (χ2v) is 6.70. The zero-order chi connectivity index (χ0) is 17.7. The molecule has 0 radical (unpaired) electrons. The molecule has 25 heavy (non-hydrogen) atoms. The van der Waals surface area contributed by atoms with Gasteiger partial charge >= 0.3 is 0 Å². The first-order valence-corrected chi connectivity index (χ1v) is 8.33. The minimum absolute atomic E-state index is 0.0872. The highest BCUT2D eigenvalue weighted by Gasteiger charge is 2.51. The lowest BCUT2D eigenvalue weighted by Crippen LogP contribution is -2.60. The van der Waals surface area contributed by atoms with Crippen molar-refractivity contribution in [2.75, 3.05) is 13.1 Å². The highest BCUT2D eigenvalue weighted by Crippen LogP contribution is 2.32. The fourth-order valence-corrected chi connectivity index (χ4v) is 4.03. The molecule has 1 N–H and O–H groups in total. The normalized spacial score (nSPS) is 28.2. The molecule has 3 aliphatic heterocycles. The summed E-state index contributed by atoms with van der Waals surface area (Å²) in [6.07, 6.45) is 1.78. The molecule has 3 heterocycles. The van der Waals surface area contributed by atoms with Gasteiger partial charge in [0.15, 0.2) is 11.6 Å². The van der Waals surface area contributed by atoms with Gasteiger partial charge in [-0.2, -0.15) is 0 Å². The molecular formula is C17H17F2N3O3. The van der Waals surface area contributed by atoms with Crippen LogP contribution >= 0.6 is 0 Å². The quantitative estimate of drug-likeness (QED) is 0.853. The van der Waals surface area contributed by atoms with Crippen LogP contribution in [0.15, 0.2) is 18.2 Å². The Morgan fingerprint density at radius 3 is 2.68 bits per heavy atom. The number of carbonyl (C=O) groups is 3. The summed E-state index contributed by atoms with van der Waals surface area (Å²) in [7, 11) is 0. The maximum atomic E-state index is 13.7. The Hall–Kier alpha value is -2.51. The lowest BCUT2D eigenvalue weighted by atomic mass is 10.1. The molecule has 1 aromatic carbocycles.